The van der Waals surface area contributed by atoms with Crippen molar-refractivity contribution < 1.29 is 14.0 Å². The van der Waals surface area contributed by atoms with Gasteiger partial charge in [0.2, 0.25) is 5.89 Å². The molecule has 7 heteroatoms. The Morgan fingerprint density at radius 3 is 3.09 bits per heavy atom. The zero-order valence-corrected chi connectivity index (χ0v) is 14.6. The molecule has 0 N–H and O–H groups in total. The zero-order valence-electron chi connectivity index (χ0n) is 13.8. The zero-order chi connectivity index (χ0) is 16.2. The summed E-state index contributed by atoms with van der Waals surface area (Å²) in [5.74, 6) is 1.75. The number of hydrogen-bond donors (Lipinski definition) is 0. The molecule has 1 fully saturated rings. The number of aromatic nitrogens is 3. The number of hydrogen-bond acceptors (Lipinski definition) is 7. The summed E-state index contributed by atoms with van der Waals surface area (Å²) in [6, 6.07) is 0. The summed E-state index contributed by atoms with van der Waals surface area (Å²) in [5.41, 5.74) is 0.958. The van der Waals surface area contributed by atoms with Gasteiger partial charge in [-0.1, -0.05) is 12.1 Å². The maximum atomic E-state index is 5.71. The van der Waals surface area contributed by atoms with E-state index in [2.05, 4.69) is 22.0 Å². The Hall–Kier alpha value is -1.31. The van der Waals surface area contributed by atoms with Gasteiger partial charge < -0.3 is 14.0 Å². The summed E-state index contributed by atoms with van der Waals surface area (Å²) in [4.78, 5) is 9.15. The smallest absolute Gasteiger partial charge is 0.229 e. The van der Waals surface area contributed by atoms with Gasteiger partial charge in [0, 0.05) is 25.0 Å². The molecule has 2 aromatic heterocycles. The molecule has 0 bridgehead atoms. The summed E-state index contributed by atoms with van der Waals surface area (Å²) in [6.07, 6.45) is 3.85. The molecular formula is C16H23N3O3S. The summed E-state index contributed by atoms with van der Waals surface area (Å²) >= 11 is 1.60. The van der Waals surface area contributed by atoms with E-state index >= 15 is 0 Å². The van der Waals surface area contributed by atoms with Crippen LogP contribution in [0.3, 0.4) is 0 Å². The second kappa shape index (κ2) is 7.51. The van der Waals surface area contributed by atoms with E-state index in [-0.39, 0.29) is 6.10 Å². The molecule has 0 radical (unpaired) electrons. The molecule has 0 aromatic carbocycles. The second-order valence-corrected chi connectivity index (χ2v) is 6.79. The SMILES string of the molecule is CCC1CC(c2nc(Cc3csc(C(C)OC)n3)no2)CCO1. The minimum atomic E-state index is 0.0165. The monoisotopic (exact) mass is 337 g/mol. The molecule has 1 aliphatic rings. The van der Waals surface area contributed by atoms with E-state index in [1.54, 1.807) is 18.4 Å². The van der Waals surface area contributed by atoms with Crippen molar-refractivity contribution in [2.75, 3.05) is 13.7 Å². The number of rotatable bonds is 6. The van der Waals surface area contributed by atoms with E-state index in [4.69, 9.17) is 14.0 Å². The molecule has 2 aromatic rings. The minimum absolute atomic E-state index is 0.0165. The lowest BCUT2D eigenvalue weighted by molar-refractivity contribution is 0.0000981. The van der Waals surface area contributed by atoms with Crippen molar-refractivity contribution in [2.24, 2.45) is 0 Å². The molecule has 0 spiro atoms. The van der Waals surface area contributed by atoms with Crippen LogP contribution in [-0.2, 0) is 15.9 Å². The molecule has 6 nitrogen and oxygen atoms in total. The van der Waals surface area contributed by atoms with Crippen LogP contribution in [0.1, 0.15) is 67.5 Å². The predicted octanol–water partition coefficient (Wildman–Crippen LogP) is 3.50. The lowest BCUT2D eigenvalue weighted by atomic mass is 9.94. The molecule has 23 heavy (non-hydrogen) atoms. The molecule has 3 unspecified atom stereocenters. The Labute approximate surface area is 140 Å². The molecule has 0 amide bonds. The maximum Gasteiger partial charge on any atom is 0.229 e. The van der Waals surface area contributed by atoms with Gasteiger partial charge in [-0.15, -0.1) is 11.3 Å². The van der Waals surface area contributed by atoms with Crippen molar-refractivity contribution >= 4 is 11.3 Å². The van der Waals surface area contributed by atoms with E-state index in [1.807, 2.05) is 12.3 Å². The fourth-order valence-corrected chi connectivity index (χ4v) is 3.60. The van der Waals surface area contributed by atoms with E-state index in [0.717, 1.165) is 42.5 Å². The molecule has 0 saturated carbocycles. The Balaban J connectivity index is 1.64. The van der Waals surface area contributed by atoms with Crippen LogP contribution in [-0.4, -0.2) is 34.9 Å². The van der Waals surface area contributed by atoms with Crippen LogP contribution in [0.2, 0.25) is 0 Å². The molecule has 0 aliphatic carbocycles. The first kappa shape index (κ1) is 16.5. The third-order valence-electron chi connectivity index (χ3n) is 4.27. The van der Waals surface area contributed by atoms with Crippen LogP contribution in [0.5, 0.6) is 0 Å². The van der Waals surface area contributed by atoms with Crippen LogP contribution in [0.15, 0.2) is 9.90 Å². The summed E-state index contributed by atoms with van der Waals surface area (Å²) < 4.78 is 16.5. The second-order valence-electron chi connectivity index (χ2n) is 5.90. The van der Waals surface area contributed by atoms with Gasteiger partial charge >= 0.3 is 0 Å². The first-order valence-corrected chi connectivity index (χ1v) is 8.98. The molecule has 1 saturated heterocycles. The minimum Gasteiger partial charge on any atom is -0.378 e. The molecule has 126 valence electrons. The Morgan fingerprint density at radius 2 is 2.30 bits per heavy atom. The molecule has 1 aliphatic heterocycles. The quantitative estimate of drug-likeness (QED) is 0.803. The van der Waals surface area contributed by atoms with Crippen molar-refractivity contribution in [1.29, 1.82) is 0 Å². The lowest BCUT2D eigenvalue weighted by Crippen LogP contribution is -2.24. The highest BCUT2D eigenvalue weighted by Crippen LogP contribution is 2.30. The van der Waals surface area contributed by atoms with Crippen LogP contribution in [0.25, 0.3) is 0 Å². The predicted molar refractivity (Wildman–Crippen MR) is 86.6 cm³/mol. The van der Waals surface area contributed by atoms with Gasteiger partial charge in [-0.25, -0.2) is 4.98 Å². The molecule has 3 heterocycles. The van der Waals surface area contributed by atoms with Crippen molar-refractivity contribution in [1.82, 2.24) is 15.1 Å². The van der Waals surface area contributed by atoms with E-state index in [9.17, 15) is 0 Å². The Morgan fingerprint density at radius 1 is 1.43 bits per heavy atom. The first-order valence-electron chi connectivity index (χ1n) is 8.10. The summed E-state index contributed by atoms with van der Waals surface area (Å²) in [6.45, 7) is 4.91. The summed E-state index contributed by atoms with van der Waals surface area (Å²) in [7, 11) is 1.69. The van der Waals surface area contributed by atoms with Crippen molar-refractivity contribution in [2.45, 2.75) is 57.7 Å². The van der Waals surface area contributed by atoms with Crippen molar-refractivity contribution in [3.63, 3.8) is 0 Å². The highest BCUT2D eigenvalue weighted by atomic mass is 32.1. The molecule has 3 atom stereocenters. The first-order chi connectivity index (χ1) is 11.2. The van der Waals surface area contributed by atoms with Gasteiger partial charge in [-0.05, 0) is 26.2 Å². The fourth-order valence-electron chi connectivity index (χ4n) is 2.75. The topological polar surface area (TPSA) is 70.3 Å². The number of methoxy groups -OCH3 is 1. The van der Waals surface area contributed by atoms with Gasteiger partial charge in [0.1, 0.15) is 11.1 Å². The highest BCUT2D eigenvalue weighted by Gasteiger charge is 2.27. The molecule has 3 rings (SSSR count). The van der Waals surface area contributed by atoms with Crippen LogP contribution < -0.4 is 0 Å². The van der Waals surface area contributed by atoms with E-state index in [0.29, 0.717) is 24.3 Å². The van der Waals surface area contributed by atoms with Crippen LogP contribution in [0.4, 0.5) is 0 Å². The van der Waals surface area contributed by atoms with E-state index < -0.39 is 0 Å². The molecular weight excluding hydrogens is 314 g/mol. The van der Waals surface area contributed by atoms with Crippen LogP contribution in [0, 0.1) is 0 Å². The largest absolute Gasteiger partial charge is 0.378 e. The number of ether oxygens (including phenoxy) is 2. The lowest BCUT2D eigenvalue weighted by Gasteiger charge is -2.26. The van der Waals surface area contributed by atoms with Crippen molar-refractivity contribution in [3.05, 3.63) is 27.8 Å². The number of thiazole rings is 1. The third-order valence-corrected chi connectivity index (χ3v) is 5.32. The Kier molecular flexibility index (Phi) is 5.40. The standard InChI is InChI=1S/C16H23N3O3S/c1-4-13-7-11(5-6-21-13)15-18-14(19-22-15)8-12-9-23-16(17-12)10(2)20-3/h9-11,13H,4-8H2,1-3H3. The average Bonchev–Trinajstić information content (AvgIpc) is 3.24. The normalized spacial score (nSPS) is 23.1. The number of nitrogens with zero attached hydrogens (tertiary/aromatic N) is 3. The van der Waals surface area contributed by atoms with E-state index in [1.165, 1.54) is 0 Å². The van der Waals surface area contributed by atoms with Gasteiger partial charge in [0.05, 0.1) is 18.2 Å². The maximum absolute atomic E-state index is 5.71. The average molecular weight is 337 g/mol. The van der Waals surface area contributed by atoms with Gasteiger partial charge in [-0.3, -0.25) is 0 Å². The Bertz CT molecular complexity index is 628. The highest BCUT2D eigenvalue weighted by molar-refractivity contribution is 7.09. The van der Waals surface area contributed by atoms with Gasteiger partial charge in [0.25, 0.3) is 0 Å². The summed E-state index contributed by atoms with van der Waals surface area (Å²) in [5, 5.41) is 7.12. The fraction of sp³-hybridized carbons (Fsp3) is 0.688. The third kappa shape index (κ3) is 3.97. The van der Waals surface area contributed by atoms with Gasteiger partial charge in [-0.2, -0.15) is 4.98 Å². The van der Waals surface area contributed by atoms with Crippen molar-refractivity contribution in [3.8, 4) is 0 Å². The van der Waals surface area contributed by atoms with Gasteiger partial charge in [0.15, 0.2) is 5.82 Å². The van der Waals surface area contributed by atoms with Crippen LogP contribution >= 0.6 is 11.3 Å².